The fourth-order valence-corrected chi connectivity index (χ4v) is 0.847. The fraction of sp³-hybridized carbons (Fsp3) is 1.00. The molecular formula is C8H19NO3. The molecule has 0 aliphatic rings. The molecule has 4 nitrogen and oxygen atoms in total. The Morgan fingerprint density at radius 2 is 2.17 bits per heavy atom. The summed E-state index contributed by atoms with van der Waals surface area (Å²) in [7, 11) is 1.61. The van der Waals surface area contributed by atoms with Gasteiger partial charge in [0.2, 0.25) is 0 Å². The largest absolute Gasteiger partial charge is 0.395 e. The van der Waals surface area contributed by atoms with E-state index in [-0.39, 0.29) is 6.61 Å². The number of nitrogens with one attached hydrogen (secondary N) is 1. The van der Waals surface area contributed by atoms with Crippen LogP contribution >= 0.6 is 0 Å². The van der Waals surface area contributed by atoms with E-state index < -0.39 is 5.60 Å². The van der Waals surface area contributed by atoms with E-state index in [0.29, 0.717) is 26.1 Å². The molecule has 0 rings (SSSR count). The molecule has 74 valence electrons. The number of hydrogen-bond acceptors (Lipinski definition) is 4. The number of aliphatic hydroxyl groups is 2. The molecule has 0 bridgehead atoms. The average molecular weight is 177 g/mol. The molecule has 12 heavy (non-hydrogen) atoms. The van der Waals surface area contributed by atoms with Crippen LogP contribution < -0.4 is 5.32 Å². The van der Waals surface area contributed by atoms with Crippen molar-refractivity contribution in [2.45, 2.75) is 18.9 Å². The molecule has 0 amide bonds. The van der Waals surface area contributed by atoms with Crippen LogP contribution in [0.2, 0.25) is 0 Å². The smallest absolute Gasteiger partial charge is 0.0765 e. The normalized spacial score (nSPS) is 16.0. The molecule has 0 aromatic heterocycles. The van der Waals surface area contributed by atoms with E-state index in [4.69, 9.17) is 9.84 Å². The lowest BCUT2D eigenvalue weighted by atomic mass is 10.0. The van der Waals surface area contributed by atoms with Crippen molar-refractivity contribution < 1.29 is 14.9 Å². The van der Waals surface area contributed by atoms with Crippen LogP contribution in [0.3, 0.4) is 0 Å². The fourth-order valence-electron chi connectivity index (χ4n) is 0.847. The third kappa shape index (κ3) is 6.54. The van der Waals surface area contributed by atoms with Crippen LogP contribution in [-0.2, 0) is 4.74 Å². The molecule has 1 atom stereocenters. The second-order valence-electron chi connectivity index (χ2n) is 3.14. The van der Waals surface area contributed by atoms with Gasteiger partial charge in [0.1, 0.15) is 0 Å². The first kappa shape index (κ1) is 11.8. The Bertz CT molecular complexity index is 106. The number of methoxy groups -OCH3 is 1. The molecule has 0 fully saturated rings. The van der Waals surface area contributed by atoms with E-state index in [0.717, 1.165) is 0 Å². The zero-order valence-corrected chi connectivity index (χ0v) is 7.84. The van der Waals surface area contributed by atoms with Crippen molar-refractivity contribution in [2.24, 2.45) is 0 Å². The van der Waals surface area contributed by atoms with Crippen molar-refractivity contribution in [3.8, 4) is 0 Å². The number of hydrogen-bond donors (Lipinski definition) is 3. The van der Waals surface area contributed by atoms with E-state index in [1.165, 1.54) is 0 Å². The van der Waals surface area contributed by atoms with Gasteiger partial charge >= 0.3 is 0 Å². The summed E-state index contributed by atoms with van der Waals surface area (Å²) in [4.78, 5) is 0. The SMILES string of the molecule is COCCC(C)(O)CNCCO. The predicted molar refractivity (Wildman–Crippen MR) is 47.1 cm³/mol. The summed E-state index contributed by atoms with van der Waals surface area (Å²) in [5.41, 5.74) is -0.745. The lowest BCUT2D eigenvalue weighted by molar-refractivity contribution is 0.0244. The highest BCUT2D eigenvalue weighted by Crippen LogP contribution is 2.06. The highest BCUT2D eigenvalue weighted by Gasteiger charge is 2.18. The summed E-state index contributed by atoms with van der Waals surface area (Å²) in [5.74, 6) is 0. The molecule has 0 aliphatic heterocycles. The molecule has 0 saturated carbocycles. The molecule has 0 aliphatic carbocycles. The van der Waals surface area contributed by atoms with Gasteiger partial charge < -0.3 is 20.3 Å². The topological polar surface area (TPSA) is 61.7 Å². The first-order chi connectivity index (χ1) is 5.62. The van der Waals surface area contributed by atoms with Crippen LogP contribution in [0.25, 0.3) is 0 Å². The number of ether oxygens (including phenoxy) is 1. The molecule has 3 N–H and O–H groups in total. The lowest BCUT2D eigenvalue weighted by Gasteiger charge is -2.22. The molecule has 0 spiro atoms. The molecule has 0 aromatic carbocycles. The number of aliphatic hydroxyl groups excluding tert-OH is 1. The van der Waals surface area contributed by atoms with E-state index in [1.807, 2.05) is 0 Å². The van der Waals surface area contributed by atoms with E-state index in [2.05, 4.69) is 5.32 Å². The summed E-state index contributed by atoms with van der Waals surface area (Å²) in [6.45, 7) is 3.39. The molecule has 0 aromatic rings. The van der Waals surface area contributed by atoms with Crippen LogP contribution in [0.5, 0.6) is 0 Å². The molecule has 0 radical (unpaired) electrons. The summed E-state index contributed by atoms with van der Waals surface area (Å²) < 4.78 is 4.85. The minimum atomic E-state index is -0.745. The maximum absolute atomic E-state index is 9.65. The van der Waals surface area contributed by atoms with E-state index in [9.17, 15) is 5.11 Å². The van der Waals surface area contributed by atoms with Gasteiger partial charge in [-0.3, -0.25) is 0 Å². The first-order valence-corrected chi connectivity index (χ1v) is 4.15. The molecular weight excluding hydrogens is 158 g/mol. The molecule has 0 saturated heterocycles. The van der Waals surface area contributed by atoms with Crippen LogP contribution in [0.1, 0.15) is 13.3 Å². The Labute approximate surface area is 73.5 Å². The third-order valence-corrected chi connectivity index (χ3v) is 1.64. The monoisotopic (exact) mass is 177 g/mol. The summed E-state index contributed by atoms with van der Waals surface area (Å²) in [6.07, 6.45) is 0.599. The van der Waals surface area contributed by atoms with Crippen molar-refractivity contribution in [1.29, 1.82) is 0 Å². The second kappa shape index (κ2) is 6.37. The minimum absolute atomic E-state index is 0.0976. The Hall–Kier alpha value is -0.160. The molecule has 0 heterocycles. The predicted octanol–water partition coefficient (Wildman–Crippen LogP) is -0.644. The van der Waals surface area contributed by atoms with Gasteiger partial charge in [0.05, 0.1) is 12.2 Å². The van der Waals surface area contributed by atoms with Crippen molar-refractivity contribution in [2.75, 3.05) is 33.4 Å². The zero-order chi connectivity index (χ0) is 9.45. The standard InChI is InChI=1S/C8H19NO3/c1-8(11,3-6-12-2)7-9-4-5-10/h9-11H,3-7H2,1-2H3. The van der Waals surface area contributed by atoms with E-state index in [1.54, 1.807) is 14.0 Å². The van der Waals surface area contributed by atoms with Crippen molar-refractivity contribution in [3.63, 3.8) is 0 Å². The zero-order valence-electron chi connectivity index (χ0n) is 7.84. The Morgan fingerprint density at radius 1 is 1.50 bits per heavy atom. The molecule has 4 heteroatoms. The van der Waals surface area contributed by atoms with Gasteiger partial charge in [-0.25, -0.2) is 0 Å². The van der Waals surface area contributed by atoms with Crippen LogP contribution in [0.15, 0.2) is 0 Å². The van der Waals surface area contributed by atoms with Crippen LogP contribution in [0, 0.1) is 0 Å². The number of rotatable bonds is 7. The first-order valence-electron chi connectivity index (χ1n) is 4.15. The Balaban J connectivity index is 3.42. The van der Waals surface area contributed by atoms with Crippen molar-refractivity contribution >= 4 is 0 Å². The van der Waals surface area contributed by atoms with Crippen LogP contribution in [0.4, 0.5) is 0 Å². The van der Waals surface area contributed by atoms with Gasteiger partial charge in [-0.15, -0.1) is 0 Å². The highest BCUT2D eigenvalue weighted by molar-refractivity contribution is 4.74. The molecule has 1 unspecified atom stereocenters. The Morgan fingerprint density at radius 3 is 2.67 bits per heavy atom. The summed E-state index contributed by atoms with van der Waals surface area (Å²) in [6, 6.07) is 0. The van der Waals surface area contributed by atoms with Gasteiger partial charge in [0.25, 0.3) is 0 Å². The maximum Gasteiger partial charge on any atom is 0.0765 e. The van der Waals surface area contributed by atoms with Crippen molar-refractivity contribution in [3.05, 3.63) is 0 Å². The van der Waals surface area contributed by atoms with Crippen molar-refractivity contribution in [1.82, 2.24) is 5.32 Å². The summed E-state index contributed by atoms with van der Waals surface area (Å²) >= 11 is 0. The highest BCUT2D eigenvalue weighted by atomic mass is 16.5. The average Bonchev–Trinajstić information content (AvgIpc) is 2.01. The maximum atomic E-state index is 9.65. The quantitative estimate of drug-likeness (QED) is 0.452. The third-order valence-electron chi connectivity index (χ3n) is 1.64. The van der Waals surface area contributed by atoms with E-state index >= 15 is 0 Å². The van der Waals surface area contributed by atoms with Gasteiger partial charge in [0.15, 0.2) is 0 Å². The second-order valence-corrected chi connectivity index (χ2v) is 3.14. The van der Waals surface area contributed by atoms with Gasteiger partial charge in [-0.05, 0) is 6.92 Å². The van der Waals surface area contributed by atoms with Gasteiger partial charge in [-0.1, -0.05) is 0 Å². The van der Waals surface area contributed by atoms with Crippen LogP contribution in [-0.4, -0.2) is 49.2 Å². The Kier molecular flexibility index (Phi) is 6.28. The minimum Gasteiger partial charge on any atom is -0.395 e. The van der Waals surface area contributed by atoms with Gasteiger partial charge in [0, 0.05) is 33.2 Å². The summed E-state index contributed by atoms with van der Waals surface area (Å²) in [5, 5.41) is 21.0. The lowest BCUT2D eigenvalue weighted by Crippen LogP contribution is -2.39. The van der Waals surface area contributed by atoms with Gasteiger partial charge in [-0.2, -0.15) is 0 Å².